The molecule has 138 valence electrons. The van der Waals surface area contributed by atoms with E-state index in [0.717, 1.165) is 11.3 Å². The molecule has 0 aliphatic carbocycles. The number of phenolic OH excluding ortho intramolecular Hbond substituents is 1. The summed E-state index contributed by atoms with van der Waals surface area (Å²) in [6.45, 7) is 16.7. The van der Waals surface area contributed by atoms with Crippen LogP contribution in [0.1, 0.15) is 83.9 Å². The van der Waals surface area contributed by atoms with Crippen LogP contribution in [-0.2, 0) is 0 Å². The van der Waals surface area contributed by atoms with Gasteiger partial charge in [-0.3, -0.25) is 4.99 Å². The van der Waals surface area contributed by atoms with E-state index < -0.39 is 0 Å². The average Bonchev–Trinajstić information content (AvgIpc) is 2.64. The van der Waals surface area contributed by atoms with Crippen molar-refractivity contribution in [2.75, 3.05) is 0 Å². The number of aliphatic imine (C=N–C) groups is 1. The predicted octanol–water partition coefficient (Wildman–Crippen LogP) is 7.44. The summed E-state index contributed by atoms with van der Waals surface area (Å²) in [5.41, 5.74) is 4.26. The van der Waals surface area contributed by atoms with Crippen LogP contribution in [0, 0.1) is 0 Å². The Bertz CT molecular complexity index is 616. The molecule has 1 N–H and O–H groups in total. The number of hydrogen-bond acceptors (Lipinski definition) is 2. The molecule has 25 heavy (non-hydrogen) atoms. The molecule has 0 heterocycles. The Hall–Kier alpha value is -2.09. The van der Waals surface area contributed by atoms with E-state index in [0.29, 0.717) is 11.8 Å². The number of phenols is 1. The van der Waals surface area contributed by atoms with E-state index in [-0.39, 0.29) is 5.75 Å². The van der Waals surface area contributed by atoms with E-state index in [2.05, 4.69) is 45.9 Å². The van der Waals surface area contributed by atoms with Gasteiger partial charge < -0.3 is 5.11 Å². The van der Waals surface area contributed by atoms with Gasteiger partial charge in [-0.2, -0.15) is 0 Å². The van der Waals surface area contributed by atoms with Crippen LogP contribution in [0.4, 0.5) is 5.69 Å². The second kappa shape index (κ2) is 12.3. The first-order valence-corrected chi connectivity index (χ1v) is 9.45. The number of rotatable bonds is 4. The number of nitrogens with zero attached hydrogens (tertiary/aromatic N) is 1. The minimum atomic E-state index is 0.259. The third kappa shape index (κ3) is 6.74. The van der Waals surface area contributed by atoms with Gasteiger partial charge in [0.1, 0.15) is 5.75 Å². The van der Waals surface area contributed by atoms with Crippen molar-refractivity contribution in [1.29, 1.82) is 0 Å². The molecular weight excluding hydrogens is 306 g/mol. The lowest BCUT2D eigenvalue weighted by Gasteiger charge is -2.16. The molecule has 2 heteroatoms. The summed E-state index contributed by atoms with van der Waals surface area (Å²) in [5, 5.41) is 9.85. The van der Waals surface area contributed by atoms with Gasteiger partial charge in [0.15, 0.2) is 0 Å². The Morgan fingerprint density at radius 3 is 1.68 bits per heavy atom. The molecule has 0 bridgehead atoms. The molecule has 0 unspecified atom stereocenters. The van der Waals surface area contributed by atoms with E-state index in [1.165, 1.54) is 11.1 Å². The topological polar surface area (TPSA) is 32.6 Å². The van der Waals surface area contributed by atoms with Gasteiger partial charge in [-0.05, 0) is 35.1 Å². The van der Waals surface area contributed by atoms with Gasteiger partial charge in [0.25, 0.3) is 0 Å². The molecule has 0 aliphatic rings. The van der Waals surface area contributed by atoms with Crippen molar-refractivity contribution >= 4 is 11.9 Å². The summed E-state index contributed by atoms with van der Waals surface area (Å²) < 4.78 is 0. The van der Waals surface area contributed by atoms with Crippen molar-refractivity contribution < 1.29 is 5.11 Å². The Kier molecular flexibility index (Phi) is 11.3. The highest BCUT2D eigenvalue weighted by Gasteiger charge is 2.12. The van der Waals surface area contributed by atoms with E-state index in [1.54, 1.807) is 12.3 Å². The molecule has 0 aromatic heterocycles. The molecule has 0 fully saturated rings. The smallest absolute Gasteiger partial charge is 0.124 e. The van der Waals surface area contributed by atoms with Gasteiger partial charge in [-0.1, -0.05) is 85.7 Å². The minimum Gasteiger partial charge on any atom is -0.507 e. The summed E-state index contributed by atoms with van der Waals surface area (Å²) >= 11 is 0. The molecule has 0 saturated carbocycles. The van der Waals surface area contributed by atoms with Crippen LogP contribution in [0.2, 0.25) is 0 Å². The quantitative estimate of drug-likeness (QED) is 0.576. The predicted molar refractivity (Wildman–Crippen MR) is 113 cm³/mol. The number of benzene rings is 2. The summed E-state index contributed by atoms with van der Waals surface area (Å²) in [5.74, 6) is 1.09. The average molecular weight is 342 g/mol. The maximum Gasteiger partial charge on any atom is 0.124 e. The Labute approximate surface area is 154 Å². The molecule has 2 aromatic rings. The minimum absolute atomic E-state index is 0.259. The lowest BCUT2D eigenvalue weighted by molar-refractivity contribution is 0.474. The van der Waals surface area contributed by atoms with Gasteiger partial charge in [-0.15, -0.1) is 0 Å². The van der Waals surface area contributed by atoms with E-state index >= 15 is 0 Å². The third-order valence-electron chi connectivity index (χ3n) is 3.61. The Morgan fingerprint density at radius 2 is 1.24 bits per heavy atom. The fraction of sp³-hybridized carbons (Fsp3) is 0.435. The van der Waals surface area contributed by atoms with Crippen LogP contribution in [0.15, 0.2) is 47.5 Å². The molecular formula is C23H35NO. The van der Waals surface area contributed by atoms with Crippen molar-refractivity contribution in [2.24, 2.45) is 4.99 Å². The summed E-state index contributed by atoms with van der Waals surface area (Å²) in [6.07, 6.45) is 1.75. The lowest BCUT2D eigenvalue weighted by Crippen LogP contribution is -1.95. The zero-order chi connectivity index (χ0) is 19.4. The third-order valence-corrected chi connectivity index (χ3v) is 3.61. The van der Waals surface area contributed by atoms with Gasteiger partial charge in [0.2, 0.25) is 0 Å². The monoisotopic (exact) mass is 341 g/mol. The Morgan fingerprint density at radius 1 is 0.760 bits per heavy atom. The van der Waals surface area contributed by atoms with Gasteiger partial charge in [0.05, 0.1) is 5.69 Å². The van der Waals surface area contributed by atoms with Gasteiger partial charge >= 0.3 is 0 Å². The van der Waals surface area contributed by atoms with Crippen molar-refractivity contribution in [3.05, 3.63) is 59.2 Å². The molecule has 2 rings (SSSR count). The highest BCUT2D eigenvalue weighted by Crippen LogP contribution is 2.34. The Balaban J connectivity index is 0.00000134. The molecule has 0 amide bonds. The first kappa shape index (κ1) is 22.9. The zero-order valence-electron chi connectivity index (χ0n) is 17.2. The normalized spacial score (nSPS) is 10.3. The van der Waals surface area contributed by atoms with E-state index in [9.17, 15) is 5.11 Å². The van der Waals surface area contributed by atoms with Gasteiger partial charge in [-0.25, -0.2) is 0 Å². The highest BCUT2D eigenvalue weighted by molar-refractivity contribution is 5.86. The van der Waals surface area contributed by atoms with Crippen LogP contribution in [0.3, 0.4) is 0 Å². The first-order valence-electron chi connectivity index (χ1n) is 9.45. The van der Waals surface area contributed by atoms with Crippen molar-refractivity contribution in [1.82, 2.24) is 0 Å². The molecule has 2 aromatic carbocycles. The van der Waals surface area contributed by atoms with E-state index in [1.807, 2.05) is 45.9 Å². The van der Waals surface area contributed by atoms with Gasteiger partial charge in [0, 0.05) is 11.8 Å². The molecule has 0 saturated heterocycles. The maximum atomic E-state index is 9.85. The number of para-hydroxylation sites is 2. The van der Waals surface area contributed by atoms with Crippen molar-refractivity contribution in [3.8, 4) is 5.75 Å². The highest BCUT2D eigenvalue weighted by atomic mass is 16.3. The number of aromatic hydroxyl groups is 1. The summed E-state index contributed by atoms with van der Waals surface area (Å²) in [4.78, 5) is 4.69. The second-order valence-electron chi connectivity index (χ2n) is 5.91. The van der Waals surface area contributed by atoms with Crippen LogP contribution in [0.25, 0.3) is 0 Å². The molecule has 0 aliphatic heterocycles. The first-order chi connectivity index (χ1) is 12.0. The number of hydrogen-bond donors (Lipinski definition) is 1. The molecule has 0 spiro atoms. The SMILES string of the molecule is CC.CC.CC(C)c1cccc(C(C)C)c1N=Cc1ccccc1O. The fourth-order valence-corrected chi connectivity index (χ4v) is 2.39. The summed E-state index contributed by atoms with van der Waals surface area (Å²) in [6, 6.07) is 13.6. The molecule has 0 radical (unpaired) electrons. The second-order valence-corrected chi connectivity index (χ2v) is 5.91. The van der Waals surface area contributed by atoms with Crippen LogP contribution in [0.5, 0.6) is 5.75 Å². The molecule has 0 atom stereocenters. The maximum absolute atomic E-state index is 9.85. The largest absolute Gasteiger partial charge is 0.507 e. The van der Waals surface area contributed by atoms with Crippen molar-refractivity contribution in [3.63, 3.8) is 0 Å². The lowest BCUT2D eigenvalue weighted by atomic mass is 9.93. The van der Waals surface area contributed by atoms with E-state index in [4.69, 9.17) is 4.99 Å². The standard InChI is InChI=1S/C19H23NO.2C2H6/c1-13(2)16-9-7-10-17(14(3)4)19(16)20-12-15-8-5-6-11-18(15)21;2*1-2/h5-14,21H,1-4H3;2*1-2H3. The zero-order valence-corrected chi connectivity index (χ0v) is 17.2. The fourth-order valence-electron chi connectivity index (χ4n) is 2.39. The van der Waals surface area contributed by atoms with Crippen molar-refractivity contribution in [2.45, 2.75) is 67.2 Å². The molecule has 2 nitrogen and oxygen atoms in total. The van der Waals surface area contributed by atoms with Crippen LogP contribution < -0.4 is 0 Å². The van der Waals surface area contributed by atoms with Crippen LogP contribution >= 0.6 is 0 Å². The summed E-state index contributed by atoms with van der Waals surface area (Å²) in [7, 11) is 0. The van der Waals surface area contributed by atoms with Crippen LogP contribution in [-0.4, -0.2) is 11.3 Å².